The van der Waals surface area contributed by atoms with E-state index in [-0.39, 0.29) is 5.91 Å². The normalized spacial score (nSPS) is 15.1. The second-order valence-corrected chi connectivity index (χ2v) is 7.43. The molecule has 2 aromatic carbocycles. The number of amides is 1. The summed E-state index contributed by atoms with van der Waals surface area (Å²) in [6.07, 6.45) is 0. The number of hydrogen-bond acceptors (Lipinski definition) is 4. The number of nitriles is 1. The lowest BCUT2D eigenvalue weighted by Crippen LogP contribution is -2.48. The molecule has 1 aliphatic rings. The predicted molar refractivity (Wildman–Crippen MR) is 104 cm³/mol. The van der Waals surface area contributed by atoms with Gasteiger partial charge in [-0.15, -0.1) is 11.3 Å². The Kier molecular flexibility index (Phi) is 4.70. The first-order valence-electron chi connectivity index (χ1n) is 8.71. The van der Waals surface area contributed by atoms with Crippen molar-refractivity contribution in [2.75, 3.05) is 26.2 Å². The Hall–Kier alpha value is -2.68. The van der Waals surface area contributed by atoms with Crippen molar-refractivity contribution in [3.05, 3.63) is 70.6 Å². The summed E-state index contributed by atoms with van der Waals surface area (Å²) >= 11 is 1.79. The van der Waals surface area contributed by atoms with Crippen LogP contribution >= 0.6 is 11.3 Å². The number of benzene rings is 2. The van der Waals surface area contributed by atoms with E-state index in [0.717, 1.165) is 32.7 Å². The van der Waals surface area contributed by atoms with Crippen molar-refractivity contribution in [1.82, 2.24) is 9.80 Å². The number of piperazine rings is 1. The standard InChI is InChI=1S/C21H19N3OS/c22-13-16-4-3-5-17(12-16)21(25)24-10-8-23(9-11-24)14-18-15-26-20-7-2-1-6-19(18)20/h1-7,12,15H,8-11,14H2. The van der Waals surface area contributed by atoms with Crippen molar-refractivity contribution in [1.29, 1.82) is 5.26 Å². The highest BCUT2D eigenvalue weighted by atomic mass is 32.1. The Bertz CT molecular complexity index is 980. The van der Waals surface area contributed by atoms with Crippen molar-refractivity contribution in [2.24, 2.45) is 0 Å². The van der Waals surface area contributed by atoms with Gasteiger partial charge in [-0.05, 0) is 40.6 Å². The zero-order valence-electron chi connectivity index (χ0n) is 14.4. The molecule has 0 radical (unpaired) electrons. The van der Waals surface area contributed by atoms with E-state index in [2.05, 4.69) is 40.6 Å². The van der Waals surface area contributed by atoms with E-state index in [1.54, 1.807) is 35.6 Å². The van der Waals surface area contributed by atoms with E-state index in [4.69, 9.17) is 5.26 Å². The highest BCUT2D eigenvalue weighted by molar-refractivity contribution is 7.17. The predicted octanol–water partition coefficient (Wildman–Crippen LogP) is 3.73. The largest absolute Gasteiger partial charge is 0.336 e. The fraction of sp³-hybridized carbons (Fsp3) is 0.238. The third-order valence-electron chi connectivity index (χ3n) is 4.85. The van der Waals surface area contributed by atoms with Crippen molar-refractivity contribution in [3.63, 3.8) is 0 Å². The minimum Gasteiger partial charge on any atom is -0.336 e. The summed E-state index contributed by atoms with van der Waals surface area (Å²) in [5.41, 5.74) is 2.49. The second-order valence-electron chi connectivity index (χ2n) is 6.52. The SMILES string of the molecule is N#Cc1cccc(C(=O)N2CCN(Cc3csc4ccccc34)CC2)c1. The molecular weight excluding hydrogens is 342 g/mol. The second kappa shape index (κ2) is 7.28. The maximum atomic E-state index is 12.7. The van der Waals surface area contributed by atoms with E-state index in [1.165, 1.54) is 15.6 Å². The molecule has 130 valence electrons. The summed E-state index contributed by atoms with van der Waals surface area (Å²) in [6.45, 7) is 4.10. The monoisotopic (exact) mass is 361 g/mol. The molecule has 4 rings (SSSR count). The number of thiophene rings is 1. The van der Waals surface area contributed by atoms with Gasteiger partial charge in [0.1, 0.15) is 0 Å². The van der Waals surface area contributed by atoms with Crippen LogP contribution in [0.5, 0.6) is 0 Å². The van der Waals surface area contributed by atoms with Gasteiger partial charge in [0.05, 0.1) is 11.6 Å². The third-order valence-corrected chi connectivity index (χ3v) is 5.87. The quantitative estimate of drug-likeness (QED) is 0.714. The molecule has 3 aromatic rings. The van der Waals surface area contributed by atoms with Crippen molar-refractivity contribution < 1.29 is 4.79 Å². The average Bonchev–Trinajstić information content (AvgIpc) is 3.11. The van der Waals surface area contributed by atoms with Gasteiger partial charge in [-0.1, -0.05) is 24.3 Å². The van der Waals surface area contributed by atoms with E-state index in [1.807, 2.05) is 4.90 Å². The number of nitrogens with zero attached hydrogens (tertiary/aromatic N) is 3. The van der Waals surface area contributed by atoms with E-state index < -0.39 is 0 Å². The van der Waals surface area contributed by atoms with E-state index in [9.17, 15) is 4.79 Å². The lowest BCUT2D eigenvalue weighted by molar-refractivity contribution is 0.0629. The topological polar surface area (TPSA) is 47.3 Å². The summed E-state index contributed by atoms with van der Waals surface area (Å²) in [5.74, 6) is 0.0164. The molecular formula is C21H19N3OS. The molecule has 1 aromatic heterocycles. The van der Waals surface area contributed by atoms with Crippen LogP contribution in [0, 0.1) is 11.3 Å². The van der Waals surface area contributed by atoms with Crippen LogP contribution in [0.4, 0.5) is 0 Å². The van der Waals surface area contributed by atoms with Gasteiger partial charge >= 0.3 is 0 Å². The number of rotatable bonds is 3. The molecule has 1 aliphatic heterocycles. The molecule has 0 unspecified atom stereocenters. The van der Waals surface area contributed by atoms with Crippen LogP contribution in [-0.4, -0.2) is 41.9 Å². The first-order valence-corrected chi connectivity index (χ1v) is 9.59. The van der Waals surface area contributed by atoms with Crippen LogP contribution in [-0.2, 0) is 6.54 Å². The molecule has 1 amide bonds. The van der Waals surface area contributed by atoms with Gasteiger partial charge in [0.25, 0.3) is 5.91 Å². The molecule has 0 atom stereocenters. The third kappa shape index (κ3) is 3.34. The fourth-order valence-corrected chi connectivity index (χ4v) is 4.36. The summed E-state index contributed by atoms with van der Waals surface area (Å²) in [6, 6.07) is 17.6. The first kappa shape index (κ1) is 16.8. The molecule has 1 fully saturated rings. The van der Waals surface area contributed by atoms with E-state index >= 15 is 0 Å². The van der Waals surface area contributed by atoms with Crippen LogP contribution in [0.3, 0.4) is 0 Å². The Morgan fingerprint density at radius 3 is 2.69 bits per heavy atom. The molecule has 1 saturated heterocycles. The zero-order chi connectivity index (χ0) is 17.9. The summed E-state index contributed by atoms with van der Waals surface area (Å²) in [7, 11) is 0. The highest BCUT2D eigenvalue weighted by Crippen LogP contribution is 2.27. The van der Waals surface area contributed by atoms with Crippen molar-refractivity contribution in [3.8, 4) is 6.07 Å². The molecule has 26 heavy (non-hydrogen) atoms. The van der Waals surface area contributed by atoms with Gasteiger partial charge in [0, 0.05) is 43.0 Å². The minimum absolute atomic E-state index is 0.0164. The molecule has 0 saturated carbocycles. The number of carbonyl (C=O) groups excluding carboxylic acids is 1. The van der Waals surface area contributed by atoms with Crippen molar-refractivity contribution in [2.45, 2.75) is 6.54 Å². The van der Waals surface area contributed by atoms with Crippen LogP contribution in [0.15, 0.2) is 53.9 Å². The summed E-state index contributed by atoms with van der Waals surface area (Å²) in [5, 5.41) is 12.6. The van der Waals surface area contributed by atoms with Crippen molar-refractivity contribution >= 4 is 27.3 Å². The molecule has 4 nitrogen and oxygen atoms in total. The highest BCUT2D eigenvalue weighted by Gasteiger charge is 2.22. The smallest absolute Gasteiger partial charge is 0.253 e. The molecule has 0 spiro atoms. The Balaban J connectivity index is 1.39. The van der Waals surface area contributed by atoms with Gasteiger partial charge in [-0.3, -0.25) is 9.69 Å². The van der Waals surface area contributed by atoms with Crippen LogP contribution < -0.4 is 0 Å². The minimum atomic E-state index is 0.0164. The van der Waals surface area contributed by atoms with Gasteiger partial charge in [-0.2, -0.15) is 5.26 Å². The number of fused-ring (bicyclic) bond motifs is 1. The van der Waals surface area contributed by atoms with E-state index in [0.29, 0.717) is 11.1 Å². The Morgan fingerprint density at radius 2 is 1.88 bits per heavy atom. The number of hydrogen-bond donors (Lipinski definition) is 0. The molecule has 2 heterocycles. The average molecular weight is 361 g/mol. The Morgan fingerprint density at radius 1 is 1.08 bits per heavy atom. The van der Waals surface area contributed by atoms with Gasteiger partial charge in [0.2, 0.25) is 0 Å². The lowest BCUT2D eigenvalue weighted by atomic mass is 10.1. The zero-order valence-corrected chi connectivity index (χ0v) is 15.2. The maximum Gasteiger partial charge on any atom is 0.253 e. The maximum absolute atomic E-state index is 12.7. The van der Waals surface area contributed by atoms with Gasteiger partial charge in [0.15, 0.2) is 0 Å². The summed E-state index contributed by atoms with van der Waals surface area (Å²) < 4.78 is 1.33. The van der Waals surface area contributed by atoms with Gasteiger partial charge < -0.3 is 4.90 Å². The molecule has 0 aliphatic carbocycles. The summed E-state index contributed by atoms with van der Waals surface area (Å²) in [4.78, 5) is 17.0. The van der Waals surface area contributed by atoms with Crippen LogP contribution in [0.25, 0.3) is 10.1 Å². The first-order chi connectivity index (χ1) is 12.7. The fourth-order valence-electron chi connectivity index (χ4n) is 3.41. The lowest BCUT2D eigenvalue weighted by Gasteiger charge is -2.34. The van der Waals surface area contributed by atoms with Gasteiger partial charge in [-0.25, -0.2) is 0 Å². The molecule has 0 bridgehead atoms. The molecule has 0 N–H and O–H groups in total. The molecule has 5 heteroatoms. The Labute approximate surface area is 156 Å². The number of carbonyl (C=O) groups is 1. The van der Waals surface area contributed by atoms with Crippen LogP contribution in [0.2, 0.25) is 0 Å². The van der Waals surface area contributed by atoms with Crippen LogP contribution in [0.1, 0.15) is 21.5 Å².